The van der Waals surface area contributed by atoms with Gasteiger partial charge in [-0.1, -0.05) is 6.58 Å². The summed E-state index contributed by atoms with van der Waals surface area (Å²) in [6.07, 6.45) is 6.58. The SMILES string of the molecule is C=C(C#N)/C=C/N(C)C(=N/C(C)=C/CF)c1cncc(F)c1CO. The van der Waals surface area contributed by atoms with E-state index in [1.54, 1.807) is 14.0 Å². The van der Waals surface area contributed by atoms with Crippen molar-refractivity contribution in [3.05, 3.63) is 65.5 Å². The van der Waals surface area contributed by atoms with Crippen molar-refractivity contribution in [2.75, 3.05) is 13.7 Å². The average Bonchev–Trinajstić information content (AvgIpc) is 2.57. The standard InChI is InChI=1S/C17H18F2N4O/c1-12(8-20)5-7-23(3)17(22-13(2)4-6-18)14-9-21-10-16(19)15(14)11-24/h4-5,7,9-10,24H,1,6,11H2,2-3H3/b7-5+,13-4+,22-17?. The number of nitriles is 1. The predicted molar refractivity (Wildman–Crippen MR) is 88.0 cm³/mol. The summed E-state index contributed by atoms with van der Waals surface area (Å²) in [4.78, 5) is 9.56. The molecule has 0 radical (unpaired) electrons. The number of hydrogen-bond acceptors (Lipinski definition) is 4. The summed E-state index contributed by atoms with van der Waals surface area (Å²) in [5, 5.41) is 18.2. The number of amidine groups is 1. The summed E-state index contributed by atoms with van der Waals surface area (Å²) in [7, 11) is 1.62. The van der Waals surface area contributed by atoms with E-state index in [1.165, 1.54) is 29.4 Å². The lowest BCUT2D eigenvalue weighted by Gasteiger charge is -2.19. The molecule has 0 aromatic carbocycles. The van der Waals surface area contributed by atoms with Crippen LogP contribution in [0.4, 0.5) is 8.78 Å². The average molecular weight is 332 g/mol. The maximum absolute atomic E-state index is 13.9. The number of rotatable bonds is 6. The Morgan fingerprint density at radius 3 is 2.83 bits per heavy atom. The van der Waals surface area contributed by atoms with Crippen LogP contribution in [-0.4, -0.2) is 34.5 Å². The Balaban J connectivity index is 3.43. The number of aliphatic imine (C=N–C) groups is 1. The molecule has 0 spiro atoms. The number of aliphatic hydroxyl groups is 1. The number of aliphatic hydroxyl groups excluding tert-OH is 1. The molecule has 0 aliphatic heterocycles. The van der Waals surface area contributed by atoms with Crippen LogP contribution in [0.2, 0.25) is 0 Å². The second-order valence-corrected chi connectivity index (χ2v) is 4.80. The fourth-order valence-corrected chi connectivity index (χ4v) is 1.78. The second kappa shape index (κ2) is 9.33. The number of halogens is 2. The minimum atomic E-state index is -0.693. The van der Waals surface area contributed by atoms with Crippen LogP contribution in [0.15, 0.2) is 53.6 Å². The van der Waals surface area contributed by atoms with Crippen LogP contribution in [0.1, 0.15) is 18.1 Å². The van der Waals surface area contributed by atoms with Gasteiger partial charge in [0, 0.05) is 41.8 Å². The van der Waals surface area contributed by atoms with E-state index in [1.807, 2.05) is 6.07 Å². The molecule has 1 heterocycles. The van der Waals surface area contributed by atoms with Gasteiger partial charge in [-0.2, -0.15) is 5.26 Å². The molecule has 24 heavy (non-hydrogen) atoms. The Morgan fingerprint density at radius 1 is 1.54 bits per heavy atom. The van der Waals surface area contributed by atoms with E-state index >= 15 is 0 Å². The van der Waals surface area contributed by atoms with Gasteiger partial charge in [0.05, 0.1) is 18.9 Å². The summed E-state index contributed by atoms with van der Waals surface area (Å²) in [5.41, 5.74) is 0.881. The van der Waals surface area contributed by atoms with E-state index in [2.05, 4.69) is 16.6 Å². The van der Waals surface area contributed by atoms with Crippen LogP contribution in [0.25, 0.3) is 0 Å². The smallest absolute Gasteiger partial charge is 0.147 e. The topological polar surface area (TPSA) is 72.5 Å². The highest BCUT2D eigenvalue weighted by atomic mass is 19.1. The molecule has 7 heteroatoms. The lowest BCUT2D eigenvalue weighted by atomic mass is 10.1. The zero-order valence-electron chi connectivity index (χ0n) is 13.5. The molecular weight excluding hydrogens is 314 g/mol. The third-order valence-electron chi connectivity index (χ3n) is 3.04. The first-order chi connectivity index (χ1) is 11.4. The fourth-order valence-electron chi connectivity index (χ4n) is 1.78. The van der Waals surface area contributed by atoms with Crippen molar-refractivity contribution in [1.29, 1.82) is 5.26 Å². The molecule has 0 aliphatic rings. The first kappa shape index (κ1) is 19.2. The van der Waals surface area contributed by atoms with Gasteiger partial charge in [-0.05, 0) is 19.1 Å². The Labute approximate surface area is 139 Å². The molecule has 0 saturated heterocycles. The molecule has 1 aromatic rings. The zero-order chi connectivity index (χ0) is 18.1. The molecule has 0 atom stereocenters. The largest absolute Gasteiger partial charge is 0.392 e. The molecule has 5 nitrogen and oxygen atoms in total. The highest BCUT2D eigenvalue weighted by molar-refractivity contribution is 6.00. The molecule has 0 unspecified atom stereocenters. The molecule has 1 N–H and O–H groups in total. The molecule has 0 amide bonds. The van der Waals surface area contributed by atoms with E-state index in [-0.39, 0.29) is 22.5 Å². The lowest BCUT2D eigenvalue weighted by Crippen LogP contribution is -2.24. The van der Waals surface area contributed by atoms with Crippen LogP contribution in [0.3, 0.4) is 0 Å². The third kappa shape index (κ3) is 5.11. The Hall–Kier alpha value is -2.85. The van der Waals surface area contributed by atoms with E-state index in [9.17, 15) is 13.9 Å². The van der Waals surface area contributed by atoms with E-state index in [0.717, 1.165) is 6.20 Å². The van der Waals surface area contributed by atoms with Gasteiger partial charge in [-0.25, -0.2) is 13.8 Å². The van der Waals surface area contributed by atoms with Gasteiger partial charge in [0.25, 0.3) is 0 Å². The van der Waals surface area contributed by atoms with Crippen molar-refractivity contribution in [1.82, 2.24) is 9.88 Å². The van der Waals surface area contributed by atoms with Crippen LogP contribution < -0.4 is 0 Å². The predicted octanol–water partition coefficient (Wildman–Crippen LogP) is 2.86. The zero-order valence-corrected chi connectivity index (χ0v) is 13.5. The molecule has 0 bridgehead atoms. The first-order valence-electron chi connectivity index (χ1n) is 6.99. The minimum Gasteiger partial charge on any atom is -0.392 e. The maximum atomic E-state index is 13.9. The van der Waals surface area contributed by atoms with Crippen molar-refractivity contribution >= 4 is 5.84 Å². The van der Waals surface area contributed by atoms with Gasteiger partial charge in [0.2, 0.25) is 0 Å². The number of aromatic nitrogens is 1. The van der Waals surface area contributed by atoms with Crippen molar-refractivity contribution in [2.24, 2.45) is 4.99 Å². The Kier molecular flexibility index (Phi) is 7.46. The van der Waals surface area contributed by atoms with E-state index in [0.29, 0.717) is 5.70 Å². The Bertz CT molecular complexity index is 733. The van der Waals surface area contributed by atoms with E-state index < -0.39 is 19.1 Å². The molecule has 0 saturated carbocycles. The number of alkyl halides is 1. The molecule has 1 rings (SSSR count). The normalized spacial score (nSPS) is 12.3. The van der Waals surface area contributed by atoms with Crippen molar-refractivity contribution < 1.29 is 13.9 Å². The second-order valence-electron chi connectivity index (χ2n) is 4.80. The van der Waals surface area contributed by atoms with Gasteiger partial charge in [0.15, 0.2) is 0 Å². The van der Waals surface area contributed by atoms with Crippen LogP contribution in [0, 0.1) is 17.1 Å². The quantitative estimate of drug-likeness (QED) is 0.376. The molecule has 0 fully saturated rings. The number of hydrogen-bond donors (Lipinski definition) is 1. The van der Waals surface area contributed by atoms with Gasteiger partial charge in [-0.15, -0.1) is 0 Å². The van der Waals surface area contributed by atoms with Gasteiger partial charge < -0.3 is 10.0 Å². The first-order valence-corrected chi connectivity index (χ1v) is 6.99. The molecule has 126 valence electrons. The lowest BCUT2D eigenvalue weighted by molar-refractivity contribution is 0.275. The third-order valence-corrected chi connectivity index (χ3v) is 3.04. The molecule has 1 aromatic heterocycles. The van der Waals surface area contributed by atoms with Crippen LogP contribution in [-0.2, 0) is 6.61 Å². The highest BCUT2D eigenvalue weighted by Crippen LogP contribution is 2.16. The van der Waals surface area contributed by atoms with Crippen LogP contribution in [0.5, 0.6) is 0 Å². The van der Waals surface area contributed by atoms with E-state index in [4.69, 9.17) is 5.26 Å². The summed E-state index contributed by atoms with van der Waals surface area (Å²) >= 11 is 0. The molecule has 0 aliphatic carbocycles. The van der Waals surface area contributed by atoms with Crippen molar-refractivity contribution in [3.8, 4) is 6.07 Å². The fraction of sp³-hybridized carbons (Fsp3) is 0.235. The van der Waals surface area contributed by atoms with Crippen molar-refractivity contribution in [2.45, 2.75) is 13.5 Å². The number of pyridine rings is 1. The summed E-state index contributed by atoms with van der Waals surface area (Å²) in [6.45, 7) is 3.88. The summed E-state index contributed by atoms with van der Waals surface area (Å²) in [6, 6.07) is 1.87. The van der Waals surface area contributed by atoms with Gasteiger partial charge >= 0.3 is 0 Å². The summed E-state index contributed by atoms with van der Waals surface area (Å²) < 4.78 is 26.4. The van der Waals surface area contributed by atoms with Gasteiger partial charge in [0.1, 0.15) is 18.3 Å². The Morgan fingerprint density at radius 2 is 2.25 bits per heavy atom. The molecular formula is C17H18F2N4O. The highest BCUT2D eigenvalue weighted by Gasteiger charge is 2.16. The number of allylic oxidation sites excluding steroid dienone is 4. The van der Waals surface area contributed by atoms with Crippen molar-refractivity contribution in [3.63, 3.8) is 0 Å². The maximum Gasteiger partial charge on any atom is 0.147 e. The summed E-state index contributed by atoms with van der Waals surface area (Å²) in [5.74, 6) is -0.427. The number of nitrogens with zero attached hydrogens (tertiary/aromatic N) is 4. The monoisotopic (exact) mass is 332 g/mol. The van der Waals surface area contributed by atoms with Crippen LogP contribution >= 0.6 is 0 Å². The minimum absolute atomic E-state index is 0.0242. The van der Waals surface area contributed by atoms with Gasteiger partial charge in [-0.3, -0.25) is 4.98 Å².